The van der Waals surface area contributed by atoms with Crippen molar-refractivity contribution in [3.8, 4) is 0 Å². The molecule has 88 valence electrons. The zero-order valence-corrected chi connectivity index (χ0v) is 10.3. The Kier molecular flexibility index (Phi) is 2.31. The highest BCUT2D eigenvalue weighted by Crippen LogP contribution is 2.64. The van der Waals surface area contributed by atoms with Crippen molar-refractivity contribution >= 4 is 7.14 Å². The molecule has 0 spiro atoms. The van der Waals surface area contributed by atoms with Gasteiger partial charge in [0.2, 0.25) is 0 Å². The average molecular weight is 239 g/mol. The quantitative estimate of drug-likeness (QED) is 0.766. The minimum absolute atomic E-state index is 0.121. The molecule has 0 aromatic carbocycles. The zero-order chi connectivity index (χ0) is 11.2. The highest BCUT2D eigenvalue weighted by molar-refractivity contribution is 7.71. The topological polar surface area (TPSA) is 40.5 Å². The van der Waals surface area contributed by atoms with E-state index in [1.54, 1.807) is 0 Å². The van der Waals surface area contributed by atoms with E-state index in [1.807, 2.05) is 24.0 Å². The van der Waals surface area contributed by atoms with Gasteiger partial charge in [-0.25, -0.2) is 0 Å². The largest absolute Gasteiger partial charge is 0.396 e. The van der Waals surface area contributed by atoms with Crippen LogP contribution in [0.15, 0.2) is 24.0 Å². The summed E-state index contributed by atoms with van der Waals surface area (Å²) in [5.41, 5.74) is 0.546. The van der Waals surface area contributed by atoms with Crippen molar-refractivity contribution in [1.82, 2.24) is 4.90 Å². The maximum Gasteiger partial charge on any atom is 0.135 e. The molecule has 0 atom stereocenters. The summed E-state index contributed by atoms with van der Waals surface area (Å²) in [6, 6.07) is 0. The van der Waals surface area contributed by atoms with E-state index >= 15 is 0 Å². The second-order valence-corrected chi connectivity index (χ2v) is 8.27. The smallest absolute Gasteiger partial charge is 0.135 e. The second kappa shape index (κ2) is 3.48. The fourth-order valence-corrected chi connectivity index (χ4v) is 4.54. The Hall–Kier alpha value is -0.530. The zero-order valence-electron chi connectivity index (χ0n) is 9.38. The van der Waals surface area contributed by atoms with Gasteiger partial charge in [0.25, 0.3) is 0 Å². The van der Waals surface area contributed by atoms with Crippen molar-refractivity contribution in [2.24, 2.45) is 5.41 Å². The molecule has 2 aliphatic carbocycles. The predicted octanol–water partition coefficient (Wildman–Crippen LogP) is 2.54. The summed E-state index contributed by atoms with van der Waals surface area (Å²) in [4.78, 5) is 2.07. The van der Waals surface area contributed by atoms with Crippen LogP contribution in [0.4, 0.5) is 0 Å². The van der Waals surface area contributed by atoms with Crippen molar-refractivity contribution in [3.63, 3.8) is 0 Å². The van der Waals surface area contributed by atoms with Crippen molar-refractivity contribution in [2.75, 3.05) is 13.2 Å². The second-order valence-electron chi connectivity index (χ2n) is 5.42. The van der Waals surface area contributed by atoms with Crippen LogP contribution < -0.4 is 0 Å². The monoisotopic (exact) mass is 239 g/mol. The van der Waals surface area contributed by atoms with Crippen molar-refractivity contribution < 1.29 is 9.67 Å². The third-order valence-corrected chi connectivity index (χ3v) is 6.77. The lowest BCUT2D eigenvalue weighted by Gasteiger charge is -2.25. The van der Waals surface area contributed by atoms with Gasteiger partial charge in [-0.2, -0.15) is 0 Å². The molecule has 0 saturated heterocycles. The Labute approximate surface area is 96.2 Å². The maximum atomic E-state index is 12.3. The fraction of sp³-hybridized carbons (Fsp3) is 0.667. The highest BCUT2D eigenvalue weighted by atomic mass is 31.2. The van der Waals surface area contributed by atoms with Crippen LogP contribution in [0, 0.1) is 5.41 Å². The minimum atomic E-state index is -2.13. The molecule has 2 saturated carbocycles. The Morgan fingerprint density at radius 2 is 1.94 bits per heavy atom. The van der Waals surface area contributed by atoms with Crippen LogP contribution in [0.3, 0.4) is 0 Å². The average Bonchev–Trinajstić information content (AvgIpc) is 3.16. The van der Waals surface area contributed by atoms with E-state index in [4.69, 9.17) is 0 Å². The summed E-state index contributed by atoms with van der Waals surface area (Å²) in [6.07, 6.45) is 8.37. The van der Waals surface area contributed by atoms with Gasteiger partial charge < -0.3 is 14.6 Å². The molecule has 1 heterocycles. The number of aliphatic hydroxyl groups is 1. The van der Waals surface area contributed by atoms with Crippen LogP contribution in [0.2, 0.25) is 0 Å². The molecule has 0 radical (unpaired) electrons. The minimum Gasteiger partial charge on any atom is -0.396 e. The highest BCUT2D eigenvalue weighted by Gasteiger charge is 2.44. The van der Waals surface area contributed by atoms with Gasteiger partial charge in [-0.15, -0.1) is 0 Å². The summed E-state index contributed by atoms with van der Waals surface area (Å²) < 4.78 is 12.3. The van der Waals surface area contributed by atoms with Gasteiger partial charge in [-0.05, 0) is 37.3 Å². The molecular formula is C12H18NO2P. The van der Waals surface area contributed by atoms with Crippen LogP contribution in [-0.4, -0.2) is 28.8 Å². The van der Waals surface area contributed by atoms with E-state index in [0.717, 1.165) is 32.2 Å². The summed E-state index contributed by atoms with van der Waals surface area (Å²) in [7, 11) is -2.13. The molecular weight excluding hydrogens is 221 g/mol. The summed E-state index contributed by atoms with van der Waals surface area (Å²) >= 11 is 0. The first-order valence-electron chi connectivity index (χ1n) is 6.00. The van der Waals surface area contributed by atoms with Gasteiger partial charge in [0.05, 0.1) is 6.61 Å². The molecule has 2 fully saturated rings. The molecule has 1 N–H and O–H groups in total. The van der Waals surface area contributed by atoms with Crippen molar-refractivity contribution in [3.05, 3.63) is 24.0 Å². The molecule has 0 aromatic rings. The van der Waals surface area contributed by atoms with E-state index < -0.39 is 7.14 Å². The Morgan fingerprint density at radius 1 is 1.31 bits per heavy atom. The first-order valence-corrected chi connectivity index (χ1v) is 7.92. The summed E-state index contributed by atoms with van der Waals surface area (Å²) in [6.45, 7) is 1.13. The first-order chi connectivity index (χ1) is 7.66. The number of aliphatic hydroxyl groups excluding tert-OH is 1. The van der Waals surface area contributed by atoms with Crippen LogP contribution in [0.25, 0.3) is 0 Å². The Balaban J connectivity index is 1.65. The maximum absolute atomic E-state index is 12.3. The fourth-order valence-electron chi connectivity index (χ4n) is 2.24. The van der Waals surface area contributed by atoms with E-state index in [-0.39, 0.29) is 12.0 Å². The van der Waals surface area contributed by atoms with Gasteiger partial charge in [0.1, 0.15) is 7.14 Å². The number of hydrogen-bond acceptors (Lipinski definition) is 3. The van der Waals surface area contributed by atoms with Crippen LogP contribution in [-0.2, 0) is 4.57 Å². The predicted molar refractivity (Wildman–Crippen MR) is 64.4 cm³/mol. The van der Waals surface area contributed by atoms with E-state index in [2.05, 4.69) is 4.90 Å². The molecule has 3 aliphatic rings. The molecule has 16 heavy (non-hydrogen) atoms. The Bertz CT molecular complexity index is 376. The third kappa shape index (κ3) is 1.87. The lowest BCUT2D eigenvalue weighted by atomic mass is 10.1. The van der Waals surface area contributed by atoms with Gasteiger partial charge in [0, 0.05) is 30.0 Å². The standard InChI is InChI=1S/C12H18NO2P/c14-10-12(3-4-12)9-13-5-7-16(15,8-6-13)11-1-2-11/h5-8,11,14H,1-4,9-10H2. The number of hydrogen-bond donors (Lipinski definition) is 1. The molecule has 0 bridgehead atoms. The molecule has 0 unspecified atom stereocenters. The summed E-state index contributed by atoms with van der Waals surface area (Å²) in [5.74, 6) is 3.80. The Morgan fingerprint density at radius 3 is 2.38 bits per heavy atom. The molecule has 0 aromatic heterocycles. The molecule has 3 nitrogen and oxygen atoms in total. The van der Waals surface area contributed by atoms with E-state index in [1.165, 1.54) is 0 Å². The lowest BCUT2D eigenvalue weighted by Crippen LogP contribution is -2.24. The number of rotatable bonds is 4. The van der Waals surface area contributed by atoms with Crippen LogP contribution >= 0.6 is 7.14 Å². The lowest BCUT2D eigenvalue weighted by molar-refractivity contribution is 0.189. The van der Waals surface area contributed by atoms with E-state index in [0.29, 0.717) is 5.66 Å². The number of nitrogens with zero attached hydrogens (tertiary/aromatic N) is 1. The van der Waals surface area contributed by atoms with Crippen molar-refractivity contribution in [2.45, 2.75) is 31.3 Å². The van der Waals surface area contributed by atoms with Crippen LogP contribution in [0.5, 0.6) is 0 Å². The van der Waals surface area contributed by atoms with Gasteiger partial charge in [-0.3, -0.25) is 0 Å². The molecule has 3 rings (SSSR count). The normalized spacial score (nSPS) is 29.4. The van der Waals surface area contributed by atoms with Gasteiger partial charge in [-0.1, -0.05) is 0 Å². The first kappa shape index (κ1) is 10.6. The molecule has 1 aliphatic heterocycles. The third-order valence-electron chi connectivity index (χ3n) is 3.91. The van der Waals surface area contributed by atoms with Gasteiger partial charge in [0.15, 0.2) is 0 Å². The molecule has 0 amide bonds. The van der Waals surface area contributed by atoms with Crippen molar-refractivity contribution in [1.29, 1.82) is 0 Å². The van der Waals surface area contributed by atoms with E-state index in [9.17, 15) is 9.67 Å². The SMILES string of the molecule is O=P1(C2CC2)C=CN(CC2(CO)CC2)C=C1. The van der Waals surface area contributed by atoms with Crippen LogP contribution in [0.1, 0.15) is 25.7 Å². The molecule has 4 heteroatoms. The van der Waals surface area contributed by atoms with Gasteiger partial charge >= 0.3 is 0 Å². The summed E-state index contributed by atoms with van der Waals surface area (Å²) in [5, 5.41) is 9.26.